The van der Waals surface area contributed by atoms with Gasteiger partial charge in [-0.3, -0.25) is 0 Å². The van der Waals surface area contributed by atoms with E-state index in [4.69, 9.17) is 34.8 Å². The molecule has 0 radical (unpaired) electrons. The lowest BCUT2D eigenvalue weighted by atomic mass is 10.2. The van der Waals surface area contributed by atoms with Gasteiger partial charge in [0.25, 0.3) is 0 Å². The zero-order valence-electron chi connectivity index (χ0n) is 5.82. The van der Waals surface area contributed by atoms with Gasteiger partial charge in [-0.2, -0.15) is 0 Å². The van der Waals surface area contributed by atoms with Gasteiger partial charge in [0.05, 0.1) is 5.03 Å². The van der Waals surface area contributed by atoms with Crippen LogP contribution in [-0.2, 0) is 0 Å². The first-order valence-electron chi connectivity index (χ1n) is 3.08. The Morgan fingerprint density at radius 1 is 1.17 bits per heavy atom. The molecule has 0 N–H and O–H groups in total. The van der Waals surface area contributed by atoms with E-state index in [9.17, 15) is 0 Å². The predicted molar refractivity (Wildman–Crippen MR) is 58.6 cm³/mol. The molecule has 0 saturated heterocycles. The van der Waals surface area contributed by atoms with Gasteiger partial charge in [0, 0.05) is 4.47 Å². The molecule has 1 aromatic rings. The van der Waals surface area contributed by atoms with Gasteiger partial charge in [0.1, 0.15) is 4.49 Å². The van der Waals surface area contributed by atoms with Crippen molar-refractivity contribution >= 4 is 55.8 Å². The van der Waals surface area contributed by atoms with Crippen molar-refractivity contribution in [2.24, 2.45) is 0 Å². The van der Waals surface area contributed by atoms with E-state index in [1.54, 1.807) is 0 Å². The molecule has 4 heteroatoms. The molecule has 0 aromatic heterocycles. The molecular formula is C8H4BrCl3. The number of halogens is 4. The molecule has 1 rings (SSSR count). The van der Waals surface area contributed by atoms with Gasteiger partial charge in [-0.1, -0.05) is 62.9 Å². The lowest BCUT2D eigenvalue weighted by Crippen LogP contribution is -1.76. The summed E-state index contributed by atoms with van der Waals surface area (Å²) in [5.74, 6) is 0. The van der Waals surface area contributed by atoms with Crippen molar-refractivity contribution in [1.29, 1.82) is 0 Å². The summed E-state index contributed by atoms with van der Waals surface area (Å²) in [6.45, 7) is 0. The Morgan fingerprint density at radius 3 is 2.33 bits per heavy atom. The van der Waals surface area contributed by atoms with Crippen LogP contribution in [0, 0.1) is 0 Å². The Balaban J connectivity index is 3.13. The van der Waals surface area contributed by atoms with Gasteiger partial charge in [0.2, 0.25) is 0 Å². The van der Waals surface area contributed by atoms with Crippen LogP contribution in [0.3, 0.4) is 0 Å². The number of rotatable bonds is 1. The predicted octanol–water partition coefficient (Wildman–Crippen LogP) is 4.79. The zero-order valence-corrected chi connectivity index (χ0v) is 9.68. The van der Waals surface area contributed by atoms with Crippen LogP contribution in [0.2, 0.25) is 0 Å². The van der Waals surface area contributed by atoms with Crippen molar-refractivity contribution in [1.82, 2.24) is 0 Å². The Hall–Kier alpha value is 0.310. The zero-order chi connectivity index (χ0) is 9.14. The van der Waals surface area contributed by atoms with Crippen LogP contribution in [0.1, 0.15) is 5.56 Å². The molecule has 1 aromatic carbocycles. The molecule has 0 aliphatic heterocycles. The minimum absolute atomic E-state index is 0.0785. The Labute approximate surface area is 94.2 Å². The van der Waals surface area contributed by atoms with Crippen molar-refractivity contribution in [3.63, 3.8) is 0 Å². The Kier molecular flexibility index (Phi) is 3.91. The fourth-order valence-electron chi connectivity index (χ4n) is 0.734. The SMILES string of the molecule is ClC(Cl)=C(Cl)c1cccc(Br)c1. The summed E-state index contributed by atoms with van der Waals surface area (Å²) in [5, 5.41) is 0.361. The molecule has 0 aliphatic carbocycles. The molecule has 0 spiro atoms. The van der Waals surface area contributed by atoms with Crippen molar-refractivity contribution in [3.05, 3.63) is 38.8 Å². The van der Waals surface area contributed by atoms with Gasteiger partial charge in [-0.05, 0) is 17.7 Å². The molecule has 0 aliphatic rings. The van der Waals surface area contributed by atoms with E-state index in [1.165, 1.54) is 0 Å². The summed E-state index contributed by atoms with van der Waals surface area (Å²) in [4.78, 5) is 0. The summed E-state index contributed by atoms with van der Waals surface area (Å²) >= 11 is 20.1. The van der Waals surface area contributed by atoms with E-state index in [0.717, 1.165) is 10.0 Å². The van der Waals surface area contributed by atoms with E-state index in [0.29, 0.717) is 5.03 Å². The van der Waals surface area contributed by atoms with Crippen molar-refractivity contribution in [2.75, 3.05) is 0 Å². The third-order valence-corrected chi connectivity index (χ3v) is 2.72. The second-order valence-corrected chi connectivity index (χ2v) is 4.33. The summed E-state index contributed by atoms with van der Waals surface area (Å²) < 4.78 is 1.02. The molecule has 0 amide bonds. The first-order chi connectivity index (χ1) is 5.61. The average molecular weight is 286 g/mol. The lowest BCUT2D eigenvalue weighted by molar-refractivity contribution is 1.60. The van der Waals surface area contributed by atoms with E-state index >= 15 is 0 Å². The molecule has 64 valence electrons. The summed E-state index contributed by atoms with van der Waals surface area (Å²) in [6, 6.07) is 7.43. The van der Waals surface area contributed by atoms with Crippen LogP contribution in [0.25, 0.3) is 5.03 Å². The van der Waals surface area contributed by atoms with E-state index in [2.05, 4.69) is 15.9 Å². The van der Waals surface area contributed by atoms with Crippen LogP contribution in [0.15, 0.2) is 33.2 Å². The monoisotopic (exact) mass is 284 g/mol. The third kappa shape index (κ3) is 2.67. The third-order valence-electron chi connectivity index (χ3n) is 1.24. The van der Waals surface area contributed by atoms with Crippen LogP contribution >= 0.6 is 50.7 Å². The summed E-state index contributed by atoms with van der Waals surface area (Å²) in [7, 11) is 0. The maximum Gasteiger partial charge on any atom is 0.126 e. The van der Waals surface area contributed by atoms with Crippen molar-refractivity contribution in [3.8, 4) is 0 Å². The minimum atomic E-state index is 0.0785. The molecular weight excluding hydrogens is 282 g/mol. The van der Waals surface area contributed by atoms with Crippen molar-refractivity contribution in [2.45, 2.75) is 0 Å². The van der Waals surface area contributed by atoms with E-state index < -0.39 is 0 Å². The molecule has 0 saturated carbocycles. The molecule has 0 heterocycles. The number of hydrogen-bond donors (Lipinski definition) is 0. The van der Waals surface area contributed by atoms with Gasteiger partial charge < -0.3 is 0 Å². The largest absolute Gasteiger partial charge is 0.126 e. The van der Waals surface area contributed by atoms with Crippen LogP contribution in [0.4, 0.5) is 0 Å². The highest BCUT2D eigenvalue weighted by molar-refractivity contribution is 9.10. The highest BCUT2D eigenvalue weighted by atomic mass is 79.9. The second kappa shape index (κ2) is 4.52. The summed E-state index contributed by atoms with van der Waals surface area (Å²) in [6.07, 6.45) is 0. The van der Waals surface area contributed by atoms with Crippen LogP contribution < -0.4 is 0 Å². The molecule has 0 unspecified atom stereocenters. The van der Waals surface area contributed by atoms with Gasteiger partial charge in [-0.25, -0.2) is 0 Å². The molecule has 0 bridgehead atoms. The smallest absolute Gasteiger partial charge is 0.0811 e. The normalized spacial score (nSPS) is 9.67. The lowest BCUT2D eigenvalue weighted by Gasteiger charge is -1.99. The molecule has 0 nitrogen and oxygen atoms in total. The Morgan fingerprint density at radius 2 is 1.83 bits per heavy atom. The minimum Gasteiger partial charge on any atom is -0.0811 e. The first kappa shape index (κ1) is 10.4. The van der Waals surface area contributed by atoms with E-state index in [-0.39, 0.29) is 4.49 Å². The highest BCUT2D eigenvalue weighted by Gasteiger charge is 2.02. The molecule has 0 atom stereocenters. The molecule has 0 fully saturated rings. The van der Waals surface area contributed by atoms with Crippen molar-refractivity contribution < 1.29 is 0 Å². The van der Waals surface area contributed by atoms with Crippen LogP contribution in [0.5, 0.6) is 0 Å². The maximum absolute atomic E-state index is 5.81. The second-order valence-electron chi connectivity index (χ2n) is 2.08. The highest BCUT2D eigenvalue weighted by Crippen LogP contribution is 2.29. The quantitative estimate of drug-likeness (QED) is 0.696. The number of hydrogen-bond acceptors (Lipinski definition) is 0. The topological polar surface area (TPSA) is 0 Å². The van der Waals surface area contributed by atoms with Crippen LogP contribution in [-0.4, -0.2) is 0 Å². The fraction of sp³-hybridized carbons (Fsp3) is 0. The maximum atomic E-state index is 5.81. The van der Waals surface area contributed by atoms with E-state index in [1.807, 2.05) is 24.3 Å². The van der Waals surface area contributed by atoms with Gasteiger partial charge >= 0.3 is 0 Å². The van der Waals surface area contributed by atoms with Gasteiger partial charge in [0.15, 0.2) is 0 Å². The molecule has 12 heavy (non-hydrogen) atoms. The number of benzene rings is 1. The fourth-order valence-corrected chi connectivity index (χ4v) is 1.47. The average Bonchev–Trinajstić information content (AvgIpc) is 2.03. The Bertz CT molecular complexity index is 316. The first-order valence-corrected chi connectivity index (χ1v) is 5.00. The standard InChI is InChI=1S/C8H4BrCl3/c9-6-3-1-2-5(4-6)7(10)8(11)12/h1-4H. The van der Waals surface area contributed by atoms with Gasteiger partial charge in [-0.15, -0.1) is 0 Å². The summed E-state index contributed by atoms with van der Waals surface area (Å²) in [5.41, 5.74) is 0.797.